The number of fused-ring (bicyclic) bond motifs is 1. The van der Waals surface area contributed by atoms with Crippen molar-refractivity contribution >= 4 is 57.4 Å². The second-order valence-electron chi connectivity index (χ2n) is 5.65. The molecule has 1 aromatic carbocycles. The minimum Gasteiger partial charge on any atom is -0.287 e. The SMILES string of the molecule is CC(C)Cn1c(SCc2nnsc2Cl)nc2ccc(Cl)cc2c1=O. The van der Waals surface area contributed by atoms with Gasteiger partial charge in [-0.2, -0.15) is 0 Å². The van der Waals surface area contributed by atoms with E-state index in [1.165, 1.54) is 11.8 Å². The molecule has 2 heterocycles. The predicted molar refractivity (Wildman–Crippen MR) is 100 cm³/mol. The van der Waals surface area contributed by atoms with Crippen LogP contribution in [0.2, 0.25) is 9.36 Å². The second-order valence-corrected chi connectivity index (χ2v) is 8.38. The molecule has 3 aromatic rings. The van der Waals surface area contributed by atoms with Gasteiger partial charge in [0.15, 0.2) is 5.16 Å². The smallest absolute Gasteiger partial charge is 0.262 e. The highest BCUT2D eigenvalue weighted by molar-refractivity contribution is 7.98. The average Bonchev–Trinajstić information content (AvgIpc) is 2.94. The van der Waals surface area contributed by atoms with Gasteiger partial charge in [0.05, 0.1) is 10.9 Å². The lowest BCUT2D eigenvalue weighted by Gasteiger charge is -2.14. The molecule has 2 aromatic heterocycles. The van der Waals surface area contributed by atoms with Gasteiger partial charge in [0.2, 0.25) is 0 Å². The van der Waals surface area contributed by atoms with Gasteiger partial charge in [0.25, 0.3) is 5.56 Å². The van der Waals surface area contributed by atoms with Gasteiger partial charge in [0.1, 0.15) is 10.0 Å². The molecule has 0 N–H and O–H groups in total. The number of hydrogen-bond donors (Lipinski definition) is 0. The number of aromatic nitrogens is 4. The van der Waals surface area contributed by atoms with E-state index in [0.717, 1.165) is 11.5 Å². The van der Waals surface area contributed by atoms with Crippen LogP contribution in [0.1, 0.15) is 19.5 Å². The predicted octanol–water partition coefficient (Wildman–Crippen LogP) is 4.50. The first kappa shape index (κ1) is 17.7. The highest BCUT2D eigenvalue weighted by atomic mass is 35.5. The highest BCUT2D eigenvalue weighted by Gasteiger charge is 2.15. The summed E-state index contributed by atoms with van der Waals surface area (Å²) in [6.45, 7) is 4.70. The summed E-state index contributed by atoms with van der Waals surface area (Å²) in [5.41, 5.74) is 1.25. The maximum absolute atomic E-state index is 12.9. The molecular formula is C15H14Cl2N4OS2. The van der Waals surface area contributed by atoms with Crippen molar-refractivity contribution in [3.8, 4) is 0 Å². The van der Waals surface area contributed by atoms with Crippen LogP contribution in [0.3, 0.4) is 0 Å². The lowest BCUT2D eigenvalue weighted by molar-refractivity contribution is 0.475. The van der Waals surface area contributed by atoms with Crippen LogP contribution in [0.15, 0.2) is 28.2 Å². The van der Waals surface area contributed by atoms with E-state index in [1.807, 2.05) is 0 Å². The van der Waals surface area contributed by atoms with Crippen LogP contribution in [0.25, 0.3) is 10.9 Å². The molecule has 0 aliphatic carbocycles. The van der Waals surface area contributed by atoms with Crippen LogP contribution in [0, 0.1) is 5.92 Å². The molecule has 0 aliphatic heterocycles. The van der Waals surface area contributed by atoms with Crippen LogP contribution in [0.4, 0.5) is 0 Å². The lowest BCUT2D eigenvalue weighted by atomic mass is 10.2. The van der Waals surface area contributed by atoms with Gasteiger partial charge in [-0.1, -0.05) is 53.3 Å². The Hall–Kier alpha value is -1.15. The number of halogens is 2. The van der Waals surface area contributed by atoms with Crippen molar-refractivity contribution in [2.75, 3.05) is 0 Å². The largest absolute Gasteiger partial charge is 0.287 e. The molecule has 0 aliphatic rings. The van der Waals surface area contributed by atoms with Gasteiger partial charge >= 0.3 is 0 Å². The van der Waals surface area contributed by atoms with Gasteiger partial charge in [-0.25, -0.2) is 4.98 Å². The highest BCUT2D eigenvalue weighted by Crippen LogP contribution is 2.27. The molecule has 0 radical (unpaired) electrons. The normalized spacial score (nSPS) is 11.5. The minimum absolute atomic E-state index is 0.0822. The summed E-state index contributed by atoms with van der Waals surface area (Å²) in [5.74, 6) is 0.823. The second kappa shape index (κ2) is 7.39. The van der Waals surface area contributed by atoms with Crippen molar-refractivity contribution in [1.82, 2.24) is 19.1 Å². The standard InChI is InChI=1S/C15H14Cl2N4OS2/c1-8(2)6-21-14(22)10-5-9(16)3-4-11(10)18-15(21)23-7-12-13(17)24-20-19-12/h3-5,8H,6-7H2,1-2H3. The van der Waals surface area contributed by atoms with Gasteiger partial charge in [-0.3, -0.25) is 9.36 Å². The Bertz CT molecular complexity index is 939. The molecule has 0 unspecified atom stereocenters. The molecule has 5 nitrogen and oxygen atoms in total. The van der Waals surface area contributed by atoms with Crippen LogP contribution >= 0.6 is 46.5 Å². The zero-order chi connectivity index (χ0) is 17.3. The first-order valence-electron chi connectivity index (χ1n) is 7.25. The number of hydrogen-bond acceptors (Lipinski definition) is 6. The van der Waals surface area contributed by atoms with Gasteiger partial charge in [-0.15, -0.1) is 5.10 Å². The van der Waals surface area contributed by atoms with Crippen molar-refractivity contribution in [1.29, 1.82) is 0 Å². The molecule has 24 heavy (non-hydrogen) atoms. The van der Waals surface area contributed by atoms with Crippen LogP contribution < -0.4 is 5.56 Å². The maximum Gasteiger partial charge on any atom is 0.262 e. The van der Waals surface area contributed by atoms with Crippen molar-refractivity contribution in [3.05, 3.63) is 43.6 Å². The third-order valence-corrected chi connectivity index (χ3v) is 5.48. The van der Waals surface area contributed by atoms with Gasteiger partial charge in [-0.05, 0) is 24.1 Å². The van der Waals surface area contributed by atoms with Gasteiger partial charge in [0, 0.05) is 28.9 Å². The fourth-order valence-corrected chi connectivity index (χ4v) is 4.14. The molecule has 0 saturated carbocycles. The Morgan fingerprint density at radius 3 is 2.79 bits per heavy atom. The van der Waals surface area contributed by atoms with Crippen LogP contribution in [0.5, 0.6) is 0 Å². The summed E-state index contributed by atoms with van der Waals surface area (Å²) in [5, 5.41) is 5.70. The molecular weight excluding hydrogens is 387 g/mol. The van der Waals surface area contributed by atoms with Crippen LogP contribution in [-0.2, 0) is 12.3 Å². The van der Waals surface area contributed by atoms with E-state index in [-0.39, 0.29) is 5.56 Å². The summed E-state index contributed by atoms with van der Waals surface area (Å²) in [6.07, 6.45) is 0. The Morgan fingerprint density at radius 1 is 1.33 bits per heavy atom. The number of rotatable bonds is 5. The topological polar surface area (TPSA) is 60.7 Å². The van der Waals surface area contributed by atoms with E-state index in [0.29, 0.717) is 49.3 Å². The molecule has 0 fully saturated rings. The van der Waals surface area contributed by atoms with Crippen molar-refractivity contribution in [2.45, 2.75) is 31.3 Å². The summed E-state index contributed by atoms with van der Waals surface area (Å²) in [7, 11) is 0. The third-order valence-electron chi connectivity index (χ3n) is 3.28. The van der Waals surface area contributed by atoms with E-state index in [9.17, 15) is 4.79 Å². The maximum atomic E-state index is 12.9. The lowest BCUT2D eigenvalue weighted by Crippen LogP contribution is -2.25. The number of benzene rings is 1. The monoisotopic (exact) mass is 400 g/mol. The molecule has 0 spiro atoms. The van der Waals surface area contributed by atoms with E-state index in [4.69, 9.17) is 23.2 Å². The number of thioether (sulfide) groups is 1. The first-order valence-corrected chi connectivity index (χ1v) is 9.77. The van der Waals surface area contributed by atoms with E-state index in [1.54, 1.807) is 22.8 Å². The van der Waals surface area contributed by atoms with E-state index in [2.05, 4.69) is 28.4 Å². The first-order chi connectivity index (χ1) is 11.5. The summed E-state index contributed by atoms with van der Waals surface area (Å²) in [4.78, 5) is 17.5. The summed E-state index contributed by atoms with van der Waals surface area (Å²) in [6, 6.07) is 5.16. The molecule has 126 valence electrons. The molecule has 3 rings (SSSR count). The molecule has 0 bridgehead atoms. The minimum atomic E-state index is -0.0822. The quantitative estimate of drug-likeness (QED) is 0.465. The Kier molecular flexibility index (Phi) is 5.44. The summed E-state index contributed by atoms with van der Waals surface area (Å²) >= 11 is 14.7. The fourth-order valence-electron chi connectivity index (χ4n) is 2.23. The Balaban J connectivity index is 2.05. The Morgan fingerprint density at radius 2 is 2.12 bits per heavy atom. The van der Waals surface area contributed by atoms with Crippen molar-refractivity contribution in [2.24, 2.45) is 5.92 Å². The molecule has 0 atom stereocenters. The van der Waals surface area contributed by atoms with Gasteiger partial charge < -0.3 is 0 Å². The Labute approximate surface area is 157 Å². The van der Waals surface area contributed by atoms with Crippen LogP contribution in [-0.4, -0.2) is 19.1 Å². The number of nitrogens with zero attached hydrogens (tertiary/aromatic N) is 4. The van der Waals surface area contributed by atoms with E-state index < -0.39 is 0 Å². The zero-order valence-corrected chi connectivity index (χ0v) is 16.1. The molecule has 0 saturated heterocycles. The average molecular weight is 401 g/mol. The van der Waals surface area contributed by atoms with Crippen molar-refractivity contribution < 1.29 is 0 Å². The zero-order valence-electron chi connectivity index (χ0n) is 13.0. The van der Waals surface area contributed by atoms with E-state index >= 15 is 0 Å². The molecule has 0 amide bonds. The summed E-state index contributed by atoms with van der Waals surface area (Å²) < 4.78 is 6.08. The third kappa shape index (κ3) is 3.74. The molecule has 9 heteroatoms. The van der Waals surface area contributed by atoms with Crippen molar-refractivity contribution in [3.63, 3.8) is 0 Å². The fraction of sp³-hybridized carbons (Fsp3) is 0.333.